The lowest BCUT2D eigenvalue weighted by atomic mass is 10.2. The average molecular weight is 185 g/mol. The van der Waals surface area contributed by atoms with Crippen LogP contribution < -0.4 is 0 Å². The lowest BCUT2D eigenvalue weighted by molar-refractivity contribution is -0.123. The van der Waals surface area contributed by atoms with Gasteiger partial charge in [-0.05, 0) is 12.1 Å². The molecule has 3 nitrogen and oxygen atoms in total. The van der Waals surface area contributed by atoms with Crippen LogP contribution in [0, 0.1) is 0 Å². The van der Waals surface area contributed by atoms with Crippen molar-refractivity contribution in [2.24, 2.45) is 0 Å². The molecule has 0 heterocycles. The van der Waals surface area contributed by atoms with E-state index in [2.05, 4.69) is 4.74 Å². The van der Waals surface area contributed by atoms with Crippen LogP contribution in [0.15, 0.2) is 24.3 Å². The van der Waals surface area contributed by atoms with E-state index in [9.17, 15) is 9.59 Å². The standard InChI is InChI=1S/C8H5ClO3/c9-7-4-2-1-3-6(7)8(11)12-5-10/h1-5H. The molecule has 0 aliphatic rings. The van der Waals surface area contributed by atoms with Gasteiger partial charge in [-0.15, -0.1) is 0 Å². The molecule has 0 amide bonds. The number of ether oxygens (including phenoxy) is 1. The molecule has 0 unspecified atom stereocenters. The summed E-state index contributed by atoms with van der Waals surface area (Å²) in [5.41, 5.74) is 0.186. The molecule has 62 valence electrons. The van der Waals surface area contributed by atoms with Crippen molar-refractivity contribution in [2.45, 2.75) is 0 Å². The molecule has 0 bridgehead atoms. The summed E-state index contributed by atoms with van der Waals surface area (Å²) in [6, 6.07) is 6.34. The Morgan fingerprint density at radius 2 is 2.08 bits per heavy atom. The summed E-state index contributed by atoms with van der Waals surface area (Å²) < 4.78 is 4.10. The fourth-order valence-electron chi connectivity index (χ4n) is 0.734. The van der Waals surface area contributed by atoms with Crippen LogP contribution in [0.25, 0.3) is 0 Å². The van der Waals surface area contributed by atoms with Crippen molar-refractivity contribution in [1.82, 2.24) is 0 Å². The van der Waals surface area contributed by atoms with Crippen molar-refractivity contribution in [2.75, 3.05) is 0 Å². The molecule has 0 radical (unpaired) electrons. The Morgan fingerprint density at radius 1 is 1.42 bits per heavy atom. The fourth-order valence-corrected chi connectivity index (χ4v) is 0.947. The van der Waals surface area contributed by atoms with Crippen LogP contribution in [-0.4, -0.2) is 12.4 Å². The van der Waals surface area contributed by atoms with Gasteiger partial charge in [-0.1, -0.05) is 23.7 Å². The zero-order chi connectivity index (χ0) is 8.97. The molecule has 4 heteroatoms. The first-order valence-corrected chi connectivity index (χ1v) is 3.52. The molecule has 0 aliphatic heterocycles. The first-order valence-electron chi connectivity index (χ1n) is 3.15. The third kappa shape index (κ3) is 1.83. The Labute approximate surface area is 73.9 Å². The predicted octanol–water partition coefficient (Wildman–Crippen LogP) is 1.65. The van der Waals surface area contributed by atoms with Gasteiger partial charge >= 0.3 is 12.4 Å². The van der Waals surface area contributed by atoms with Gasteiger partial charge < -0.3 is 4.74 Å². The summed E-state index contributed by atoms with van der Waals surface area (Å²) in [7, 11) is 0. The van der Waals surface area contributed by atoms with Crippen molar-refractivity contribution >= 4 is 24.0 Å². The van der Waals surface area contributed by atoms with Gasteiger partial charge in [-0.3, -0.25) is 4.79 Å². The molecular formula is C8H5ClO3. The molecule has 0 N–H and O–H groups in total. The molecule has 0 aromatic heterocycles. The Morgan fingerprint density at radius 3 is 2.67 bits per heavy atom. The van der Waals surface area contributed by atoms with Gasteiger partial charge in [0, 0.05) is 0 Å². The van der Waals surface area contributed by atoms with Gasteiger partial charge in [-0.25, -0.2) is 4.79 Å². The molecule has 0 saturated carbocycles. The lowest BCUT2D eigenvalue weighted by Gasteiger charge is -1.98. The molecule has 0 saturated heterocycles. The summed E-state index contributed by atoms with van der Waals surface area (Å²) in [6.07, 6.45) is 0. The number of carbonyl (C=O) groups is 2. The SMILES string of the molecule is O=COC(=O)c1ccccc1Cl. The van der Waals surface area contributed by atoms with E-state index >= 15 is 0 Å². The molecule has 0 spiro atoms. The van der Waals surface area contributed by atoms with Crippen LogP contribution in [0.3, 0.4) is 0 Å². The van der Waals surface area contributed by atoms with Crippen molar-refractivity contribution in [3.8, 4) is 0 Å². The Balaban J connectivity index is 2.94. The maximum atomic E-state index is 10.9. The third-order valence-corrected chi connectivity index (χ3v) is 1.58. The highest BCUT2D eigenvalue weighted by Gasteiger charge is 2.09. The number of benzene rings is 1. The minimum atomic E-state index is -0.740. The predicted molar refractivity (Wildman–Crippen MR) is 42.9 cm³/mol. The van der Waals surface area contributed by atoms with Crippen LogP contribution in [0.2, 0.25) is 5.02 Å². The first kappa shape index (κ1) is 8.74. The largest absolute Gasteiger partial charge is 0.392 e. The highest BCUT2D eigenvalue weighted by atomic mass is 35.5. The smallest absolute Gasteiger partial charge is 0.347 e. The van der Waals surface area contributed by atoms with Gasteiger partial charge in [0.25, 0.3) is 0 Å². The van der Waals surface area contributed by atoms with Crippen LogP contribution in [0.5, 0.6) is 0 Å². The normalized spacial score (nSPS) is 9.08. The van der Waals surface area contributed by atoms with Crippen molar-refractivity contribution in [3.63, 3.8) is 0 Å². The maximum absolute atomic E-state index is 10.9. The minimum absolute atomic E-state index is 0.0751. The summed E-state index contributed by atoms with van der Waals surface area (Å²) in [6.45, 7) is 0.0751. The van der Waals surface area contributed by atoms with Crippen molar-refractivity contribution in [1.29, 1.82) is 0 Å². The highest BCUT2D eigenvalue weighted by molar-refractivity contribution is 6.33. The third-order valence-electron chi connectivity index (χ3n) is 1.25. The Bertz CT molecular complexity index is 309. The van der Waals surface area contributed by atoms with Crippen LogP contribution in [-0.2, 0) is 9.53 Å². The Hall–Kier alpha value is -1.35. The van der Waals surface area contributed by atoms with E-state index < -0.39 is 5.97 Å². The number of halogens is 1. The molecule has 0 fully saturated rings. The van der Waals surface area contributed by atoms with E-state index in [0.717, 1.165) is 0 Å². The quantitative estimate of drug-likeness (QED) is 0.399. The molecule has 0 atom stereocenters. The number of hydrogen-bond acceptors (Lipinski definition) is 3. The van der Waals surface area contributed by atoms with Crippen molar-refractivity contribution in [3.05, 3.63) is 34.9 Å². The molecule has 12 heavy (non-hydrogen) atoms. The van der Waals surface area contributed by atoms with Gasteiger partial charge in [0.2, 0.25) is 0 Å². The van der Waals surface area contributed by atoms with Crippen LogP contribution in [0.1, 0.15) is 10.4 Å². The van der Waals surface area contributed by atoms with Gasteiger partial charge in [-0.2, -0.15) is 0 Å². The molecule has 1 aromatic carbocycles. The molecule has 1 aromatic rings. The maximum Gasteiger partial charge on any atom is 0.347 e. The number of esters is 1. The molecule has 1 rings (SSSR count). The first-order chi connectivity index (χ1) is 5.75. The monoisotopic (exact) mass is 184 g/mol. The second kappa shape index (κ2) is 3.88. The van der Waals surface area contributed by atoms with Crippen LogP contribution >= 0.6 is 11.6 Å². The second-order valence-corrected chi connectivity index (χ2v) is 2.39. The van der Waals surface area contributed by atoms with Gasteiger partial charge in [0.05, 0.1) is 10.6 Å². The van der Waals surface area contributed by atoms with E-state index in [1.165, 1.54) is 6.07 Å². The zero-order valence-electron chi connectivity index (χ0n) is 5.99. The van der Waals surface area contributed by atoms with Crippen LogP contribution in [0.4, 0.5) is 0 Å². The molecule has 0 aliphatic carbocycles. The average Bonchev–Trinajstić information content (AvgIpc) is 2.05. The number of hydrogen-bond donors (Lipinski definition) is 0. The summed E-state index contributed by atoms with van der Waals surface area (Å²) in [5.74, 6) is -0.740. The highest BCUT2D eigenvalue weighted by Crippen LogP contribution is 2.15. The zero-order valence-corrected chi connectivity index (χ0v) is 6.75. The second-order valence-electron chi connectivity index (χ2n) is 1.98. The lowest BCUT2D eigenvalue weighted by Crippen LogP contribution is -2.03. The van der Waals surface area contributed by atoms with E-state index in [1.54, 1.807) is 18.2 Å². The van der Waals surface area contributed by atoms with E-state index in [1.807, 2.05) is 0 Å². The van der Waals surface area contributed by atoms with E-state index in [4.69, 9.17) is 11.6 Å². The summed E-state index contributed by atoms with van der Waals surface area (Å²) in [5, 5.41) is 0.268. The summed E-state index contributed by atoms with van der Waals surface area (Å²) in [4.78, 5) is 20.7. The number of rotatable bonds is 2. The van der Waals surface area contributed by atoms with E-state index in [0.29, 0.717) is 0 Å². The fraction of sp³-hybridized carbons (Fsp3) is 0. The van der Waals surface area contributed by atoms with E-state index in [-0.39, 0.29) is 17.1 Å². The minimum Gasteiger partial charge on any atom is -0.392 e. The summed E-state index contributed by atoms with van der Waals surface area (Å²) >= 11 is 5.64. The Kier molecular flexibility index (Phi) is 2.82. The van der Waals surface area contributed by atoms with Crippen molar-refractivity contribution < 1.29 is 14.3 Å². The topological polar surface area (TPSA) is 43.4 Å². The van der Waals surface area contributed by atoms with Gasteiger partial charge in [0.1, 0.15) is 0 Å². The van der Waals surface area contributed by atoms with Gasteiger partial charge in [0.15, 0.2) is 0 Å². The molecular weight excluding hydrogens is 180 g/mol. The number of carbonyl (C=O) groups excluding carboxylic acids is 2.